The number of hydrogen-bond donors (Lipinski definition) is 1. The van der Waals surface area contributed by atoms with Crippen LogP contribution in [-0.4, -0.2) is 60.1 Å². The smallest absolute Gasteiger partial charge is 0.328 e. The maximum absolute atomic E-state index is 13.4. The van der Waals surface area contributed by atoms with Crippen LogP contribution >= 0.6 is 0 Å². The third kappa shape index (κ3) is 4.96. The summed E-state index contributed by atoms with van der Waals surface area (Å²) >= 11 is 0. The van der Waals surface area contributed by atoms with Gasteiger partial charge in [0.05, 0.1) is 0 Å². The van der Waals surface area contributed by atoms with Gasteiger partial charge in [0, 0.05) is 30.5 Å². The number of hydrogen-bond acceptors (Lipinski definition) is 3. The van der Waals surface area contributed by atoms with E-state index in [-0.39, 0.29) is 40.4 Å². The van der Waals surface area contributed by atoms with Gasteiger partial charge in [0.25, 0.3) is 0 Å². The fourth-order valence-electron chi connectivity index (χ4n) is 7.87. The molecule has 0 aromatic heterocycles. The van der Waals surface area contributed by atoms with Crippen molar-refractivity contribution in [3.63, 3.8) is 0 Å². The molecule has 3 aliphatic carbocycles. The third-order valence-electron chi connectivity index (χ3n) is 9.60. The maximum Gasteiger partial charge on any atom is 0.406 e. The third-order valence-corrected chi connectivity index (χ3v) is 9.60. The Hall–Kier alpha value is -2.27. The summed E-state index contributed by atoms with van der Waals surface area (Å²) in [6.07, 6.45) is -3.72. The molecule has 0 spiro atoms. The summed E-state index contributed by atoms with van der Waals surface area (Å²) in [6.45, 7) is 0.269. The summed E-state index contributed by atoms with van der Waals surface area (Å²) in [6, 6.07) is -1.69. The van der Waals surface area contributed by atoms with E-state index in [0.717, 1.165) is 12.1 Å². The summed E-state index contributed by atoms with van der Waals surface area (Å²) in [5.41, 5.74) is 0.121. The van der Waals surface area contributed by atoms with Gasteiger partial charge in [-0.25, -0.2) is 4.79 Å². The van der Waals surface area contributed by atoms with E-state index in [2.05, 4.69) is 13.0 Å². The van der Waals surface area contributed by atoms with E-state index < -0.39 is 48.7 Å². The lowest BCUT2D eigenvalue weighted by Gasteiger charge is -2.58. The van der Waals surface area contributed by atoms with E-state index in [1.807, 2.05) is 6.92 Å². The van der Waals surface area contributed by atoms with Crippen molar-refractivity contribution < 1.29 is 40.7 Å². The molecule has 4 amide bonds. The zero-order chi connectivity index (χ0) is 27.6. The molecule has 6 atom stereocenters. The fourth-order valence-corrected chi connectivity index (χ4v) is 7.87. The molecule has 1 saturated heterocycles. The Morgan fingerprint density at radius 3 is 2.35 bits per heavy atom. The lowest BCUT2D eigenvalue weighted by Crippen LogP contribution is -2.56. The monoisotopic (exact) mass is 537 g/mol. The van der Waals surface area contributed by atoms with Gasteiger partial charge in [0.1, 0.15) is 13.1 Å². The number of rotatable bonds is 3. The summed E-state index contributed by atoms with van der Waals surface area (Å²) in [7, 11) is 1.78. The van der Waals surface area contributed by atoms with E-state index >= 15 is 0 Å². The number of alkyl halides is 6. The number of likely N-dealkylation sites (tertiary alicyclic amines) is 1. The molecule has 208 valence electrons. The minimum absolute atomic E-state index is 0.0173. The van der Waals surface area contributed by atoms with Crippen LogP contribution in [0.3, 0.4) is 0 Å². The van der Waals surface area contributed by atoms with Crippen LogP contribution in [0.15, 0.2) is 11.8 Å². The van der Waals surface area contributed by atoms with E-state index in [9.17, 15) is 40.7 Å². The Kier molecular flexibility index (Phi) is 6.89. The van der Waals surface area contributed by atoms with Gasteiger partial charge in [-0.15, -0.1) is 0 Å². The number of carbonyl (C=O) groups excluding carboxylic acids is 3. The van der Waals surface area contributed by atoms with E-state index in [1.54, 1.807) is 11.9 Å². The van der Waals surface area contributed by atoms with Crippen LogP contribution < -0.4 is 5.32 Å². The highest BCUT2D eigenvalue weighted by Crippen LogP contribution is 2.66. The molecule has 37 heavy (non-hydrogen) atoms. The van der Waals surface area contributed by atoms with E-state index in [1.165, 1.54) is 5.32 Å². The second-order valence-corrected chi connectivity index (χ2v) is 11.6. The molecular formula is C25H33F6N3O3. The Labute approximate surface area is 211 Å². The highest BCUT2D eigenvalue weighted by atomic mass is 19.4. The van der Waals surface area contributed by atoms with E-state index in [4.69, 9.17) is 0 Å². The van der Waals surface area contributed by atoms with Crippen LogP contribution in [0.25, 0.3) is 0 Å². The summed E-state index contributed by atoms with van der Waals surface area (Å²) < 4.78 is 77.6. The number of nitrogens with zero attached hydrogens (tertiary/aromatic N) is 2. The molecule has 2 saturated carbocycles. The Morgan fingerprint density at radius 1 is 1.05 bits per heavy atom. The van der Waals surface area contributed by atoms with Gasteiger partial charge in [0.2, 0.25) is 11.8 Å². The predicted molar refractivity (Wildman–Crippen MR) is 121 cm³/mol. The average Bonchev–Trinajstić information content (AvgIpc) is 3.14. The summed E-state index contributed by atoms with van der Waals surface area (Å²) in [4.78, 5) is 39.7. The largest absolute Gasteiger partial charge is 0.406 e. The zero-order valence-corrected chi connectivity index (χ0v) is 21.1. The molecule has 4 rings (SSSR count). The highest BCUT2D eigenvalue weighted by Gasteiger charge is 2.61. The van der Waals surface area contributed by atoms with Crippen LogP contribution in [0.5, 0.6) is 0 Å². The number of fused-ring (bicyclic) bond motifs is 5. The predicted octanol–water partition coefficient (Wildman–Crippen LogP) is 5.25. The Morgan fingerprint density at radius 2 is 1.73 bits per heavy atom. The van der Waals surface area contributed by atoms with Crippen LogP contribution in [-0.2, 0) is 9.59 Å². The van der Waals surface area contributed by atoms with Crippen molar-refractivity contribution in [2.45, 2.75) is 71.1 Å². The molecular weight excluding hydrogens is 504 g/mol. The highest BCUT2D eigenvalue weighted by molar-refractivity contribution is 5.96. The SMILES string of the molecule is CN1C(=O)CC[C@@]2(C)C1=CC[C@@H]1[C@@H]3CC[C@H](C(=O)N(CC(F)(F)F)C(=O)NCC(F)(F)F)[C@@]3(C)CC[C@@H]12. The van der Waals surface area contributed by atoms with Gasteiger partial charge in [-0.3, -0.25) is 14.5 Å². The van der Waals surface area contributed by atoms with Gasteiger partial charge in [-0.2, -0.15) is 26.3 Å². The minimum atomic E-state index is -4.95. The van der Waals surface area contributed by atoms with Gasteiger partial charge in [-0.05, 0) is 61.7 Å². The second-order valence-electron chi connectivity index (χ2n) is 11.6. The first kappa shape index (κ1) is 27.8. The normalized spacial score (nSPS) is 35.8. The van der Waals surface area contributed by atoms with Crippen molar-refractivity contribution >= 4 is 17.8 Å². The fraction of sp³-hybridized carbons (Fsp3) is 0.800. The van der Waals surface area contributed by atoms with E-state index in [0.29, 0.717) is 32.1 Å². The topological polar surface area (TPSA) is 69.7 Å². The first-order valence-corrected chi connectivity index (χ1v) is 12.7. The van der Waals surface area contributed by atoms with Crippen molar-refractivity contribution in [3.8, 4) is 0 Å². The molecule has 12 heteroatoms. The number of imide groups is 1. The molecule has 0 aromatic carbocycles. The van der Waals surface area contributed by atoms with Crippen LogP contribution in [0, 0.1) is 34.5 Å². The molecule has 0 unspecified atom stereocenters. The average molecular weight is 538 g/mol. The lowest BCUT2D eigenvalue weighted by atomic mass is 9.49. The van der Waals surface area contributed by atoms with Crippen molar-refractivity contribution in [1.82, 2.24) is 15.1 Å². The molecule has 0 radical (unpaired) electrons. The minimum Gasteiger partial charge on any atom is -0.328 e. The molecule has 1 N–H and O–H groups in total. The van der Waals surface area contributed by atoms with Crippen LogP contribution in [0.4, 0.5) is 31.1 Å². The van der Waals surface area contributed by atoms with Crippen LogP contribution in [0.1, 0.15) is 58.8 Å². The van der Waals surface area contributed by atoms with Crippen molar-refractivity contribution in [2.75, 3.05) is 20.1 Å². The Balaban J connectivity index is 1.58. The standard InChI is InChI=1S/C25H33F6N3O3/c1-22-10-8-16-14(4-7-18-23(16,2)11-9-19(35)33(18)3)15(22)5-6-17(22)20(36)34(13-25(29,30)31)21(37)32-12-24(26,27)28/h7,14-17H,4-6,8-13H2,1-3H3,(H,32,37)/t14-,15+,16+,17-,22+,23-/m1/s1. The molecule has 3 fully saturated rings. The number of amides is 4. The quantitative estimate of drug-likeness (QED) is 0.500. The molecule has 6 nitrogen and oxygen atoms in total. The number of nitrogens with one attached hydrogen (secondary N) is 1. The maximum atomic E-state index is 13.4. The Bertz CT molecular complexity index is 995. The van der Waals surface area contributed by atoms with Crippen molar-refractivity contribution in [1.29, 1.82) is 0 Å². The van der Waals surface area contributed by atoms with Gasteiger partial charge in [-0.1, -0.05) is 19.9 Å². The number of allylic oxidation sites excluding steroid dienone is 2. The van der Waals surface area contributed by atoms with Crippen LogP contribution in [0.2, 0.25) is 0 Å². The molecule has 0 aromatic rings. The van der Waals surface area contributed by atoms with Gasteiger partial charge >= 0.3 is 18.4 Å². The number of piperidine rings is 1. The molecule has 0 bridgehead atoms. The lowest BCUT2D eigenvalue weighted by molar-refractivity contribution is -0.162. The van der Waals surface area contributed by atoms with Crippen molar-refractivity contribution in [2.24, 2.45) is 34.5 Å². The van der Waals surface area contributed by atoms with Crippen molar-refractivity contribution in [3.05, 3.63) is 11.8 Å². The van der Waals surface area contributed by atoms with Gasteiger partial charge in [0.15, 0.2) is 0 Å². The van der Waals surface area contributed by atoms with Gasteiger partial charge < -0.3 is 10.2 Å². The molecule has 1 aliphatic heterocycles. The molecule has 4 aliphatic rings. The number of urea groups is 1. The first-order chi connectivity index (χ1) is 17.0. The second kappa shape index (κ2) is 9.18. The molecule has 1 heterocycles. The first-order valence-electron chi connectivity index (χ1n) is 12.7. The number of carbonyl (C=O) groups is 3. The summed E-state index contributed by atoms with van der Waals surface area (Å²) in [5.74, 6) is -1.46. The summed E-state index contributed by atoms with van der Waals surface area (Å²) in [5, 5.41) is 1.42. The number of halogens is 6. The zero-order valence-electron chi connectivity index (χ0n) is 21.1.